The standard InChI is InChI=1S/C16H11FN4OS/c1-2-8-18-16(22)14-19-15(13-7-4-9-23-13)21(20-14)12-6-3-5-11(17)10-12/h1,3-7,9-10H,8H2,(H,18,22). The van der Waals surface area contributed by atoms with Crippen LogP contribution in [0.4, 0.5) is 4.39 Å². The van der Waals surface area contributed by atoms with E-state index in [1.807, 2.05) is 17.5 Å². The SMILES string of the molecule is C#CCNC(=O)c1nc(-c2cccs2)n(-c2cccc(F)c2)n1. The van der Waals surface area contributed by atoms with E-state index in [-0.39, 0.29) is 12.4 Å². The van der Waals surface area contributed by atoms with Gasteiger partial charge in [-0.2, -0.15) is 0 Å². The van der Waals surface area contributed by atoms with Crippen LogP contribution in [0, 0.1) is 18.2 Å². The molecule has 1 N–H and O–H groups in total. The molecule has 2 heterocycles. The zero-order valence-electron chi connectivity index (χ0n) is 11.9. The van der Waals surface area contributed by atoms with Gasteiger partial charge in [0.1, 0.15) is 5.82 Å². The lowest BCUT2D eigenvalue weighted by molar-refractivity contribution is 0.0948. The van der Waals surface area contributed by atoms with Gasteiger partial charge in [-0.25, -0.2) is 14.1 Å². The van der Waals surface area contributed by atoms with Gasteiger partial charge in [0, 0.05) is 0 Å². The smallest absolute Gasteiger partial charge is 0.291 e. The van der Waals surface area contributed by atoms with Crippen molar-refractivity contribution in [3.63, 3.8) is 0 Å². The van der Waals surface area contributed by atoms with E-state index in [1.54, 1.807) is 12.1 Å². The van der Waals surface area contributed by atoms with Crippen molar-refractivity contribution < 1.29 is 9.18 Å². The van der Waals surface area contributed by atoms with Gasteiger partial charge in [0.25, 0.3) is 5.91 Å². The third-order valence-electron chi connectivity index (χ3n) is 2.96. The summed E-state index contributed by atoms with van der Waals surface area (Å²) in [5.41, 5.74) is 0.483. The highest BCUT2D eigenvalue weighted by Crippen LogP contribution is 2.25. The van der Waals surface area contributed by atoms with Gasteiger partial charge in [-0.15, -0.1) is 22.9 Å². The Morgan fingerprint density at radius 3 is 2.96 bits per heavy atom. The summed E-state index contributed by atoms with van der Waals surface area (Å²) in [6.07, 6.45) is 5.12. The average Bonchev–Trinajstić information content (AvgIpc) is 3.21. The Morgan fingerprint density at radius 1 is 1.39 bits per heavy atom. The van der Waals surface area contributed by atoms with E-state index >= 15 is 0 Å². The Morgan fingerprint density at radius 2 is 2.26 bits per heavy atom. The minimum Gasteiger partial charge on any atom is -0.338 e. The Kier molecular flexibility index (Phi) is 4.17. The number of carbonyl (C=O) groups is 1. The van der Waals surface area contributed by atoms with Gasteiger partial charge in [0.15, 0.2) is 5.82 Å². The maximum Gasteiger partial charge on any atom is 0.291 e. The van der Waals surface area contributed by atoms with E-state index in [1.165, 1.54) is 28.2 Å². The summed E-state index contributed by atoms with van der Waals surface area (Å²) in [5, 5.41) is 8.60. The van der Waals surface area contributed by atoms with E-state index in [2.05, 4.69) is 21.3 Å². The van der Waals surface area contributed by atoms with Gasteiger partial charge in [-0.05, 0) is 29.6 Å². The second-order valence-corrected chi connectivity index (χ2v) is 5.46. The van der Waals surface area contributed by atoms with Crippen LogP contribution in [0.25, 0.3) is 16.4 Å². The number of benzene rings is 1. The first kappa shape index (κ1) is 14.9. The predicted molar refractivity (Wildman–Crippen MR) is 85.8 cm³/mol. The summed E-state index contributed by atoms with van der Waals surface area (Å²) in [6.45, 7) is 0.0850. The van der Waals surface area contributed by atoms with Crippen LogP contribution in [-0.2, 0) is 0 Å². The molecule has 0 fully saturated rings. The Hall–Kier alpha value is -2.98. The fraction of sp³-hybridized carbons (Fsp3) is 0.0625. The quantitative estimate of drug-likeness (QED) is 0.750. The summed E-state index contributed by atoms with van der Waals surface area (Å²) in [5.74, 6) is 1.89. The molecule has 2 aromatic heterocycles. The van der Waals surface area contributed by atoms with Gasteiger partial charge < -0.3 is 5.32 Å². The maximum atomic E-state index is 13.5. The number of terminal acetylenes is 1. The second kappa shape index (κ2) is 6.42. The van der Waals surface area contributed by atoms with Crippen LogP contribution >= 0.6 is 11.3 Å². The number of hydrogen-bond donors (Lipinski definition) is 1. The molecule has 0 radical (unpaired) electrons. The second-order valence-electron chi connectivity index (χ2n) is 4.51. The zero-order valence-corrected chi connectivity index (χ0v) is 12.7. The van der Waals surface area contributed by atoms with Crippen LogP contribution < -0.4 is 5.32 Å². The van der Waals surface area contributed by atoms with Crippen molar-refractivity contribution in [1.29, 1.82) is 0 Å². The highest BCUT2D eigenvalue weighted by molar-refractivity contribution is 7.13. The molecule has 0 aliphatic rings. The van der Waals surface area contributed by atoms with Crippen LogP contribution in [0.2, 0.25) is 0 Å². The van der Waals surface area contributed by atoms with Crippen LogP contribution in [-0.4, -0.2) is 27.2 Å². The summed E-state index contributed by atoms with van der Waals surface area (Å²) in [4.78, 5) is 17.1. The molecule has 1 aromatic carbocycles. The van der Waals surface area contributed by atoms with Crippen molar-refractivity contribution in [1.82, 2.24) is 20.1 Å². The van der Waals surface area contributed by atoms with Crippen LogP contribution in [0.3, 0.4) is 0 Å². The third kappa shape index (κ3) is 3.12. The molecule has 0 bridgehead atoms. The highest BCUT2D eigenvalue weighted by atomic mass is 32.1. The first-order valence-electron chi connectivity index (χ1n) is 6.67. The first-order chi connectivity index (χ1) is 11.2. The van der Waals surface area contributed by atoms with Crippen molar-refractivity contribution in [3.05, 3.63) is 53.4 Å². The Bertz CT molecular complexity index is 880. The topological polar surface area (TPSA) is 59.8 Å². The molecule has 1 amide bonds. The van der Waals surface area contributed by atoms with Crippen molar-refractivity contribution in [2.45, 2.75) is 0 Å². The van der Waals surface area contributed by atoms with Crippen molar-refractivity contribution in [2.75, 3.05) is 6.54 Å². The van der Waals surface area contributed by atoms with E-state index in [0.717, 1.165) is 4.88 Å². The highest BCUT2D eigenvalue weighted by Gasteiger charge is 2.19. The fourth-order valence-electron chi connectivity index (χ4n) is 1.97. The van der Waals surface area contributed by atoms with Crippen LogP contribution in [0.1, 0.15) is 10.6 Å². The van der Waals surface area contributed by atoms with Crippen molar-refractivity contribution in [3.8, 4) is 28.7 Å². The van der Waals surface area contributed by atoms with Gasteiger partial charge in [-0.1, -0.05) is 18.1 Å². The number of nitrogens with zero attached hydrogens (tertiary/aromatic N) is 3. The van der Waals surface area contributed by atoms with Crippen LogP contribution in [0.15, 0.2) is 41.8 Å². The minimum atomic E-state index is -0.476. The number of amides is 1. The third-order valence-corrected chi connectivity index (χ3v) is 3.82. The molecule has 5 nitrogen and oxygen atoms in total. The molecule has 0 saturated carbocycles. The monoisotopic (exact) mass is 326 g/mol. The number of halogens is 1. The maximum absolute atomic E-state index is 13.5. The largest absolute Gasteiger partial charge is 0.338 e. The molecule has 3 rings (SSSR count). The molecule has 3 aromatic rings. The number of rotatable bonds is 4. The molecule has 0 saturated heterocycles. The van der Waals surface area contributed by atoms with Gasteiger partial charge in [0.05, 0.1) is 17.1 Å². The van der Waals surface area contributed by atoms with Gasteiger partial charge >= 0.3 is 0 Å². The Balaban J connectivity index is 2.08. The van der Waals surface area contributed by atoms with Gasteiger partial charge in [-0.3, -0.25) is 4.79 Å². The normalized spacial score (nSPS) is 10.3. The summed E-state index contributed by atoms with van der Waals surface area (Å²) < 4.78 is 14.9. The van der Waals surface area contributed by atoms with E-state index in [0.29, 0.717) is 11.5 Å². The van der Waals surface area contributed by atoms with Crippen LogP contribution in [0.5, 0.6) is 0 Å². The zero-order chi connectivity index (χ0) is 16.2. The summed E-state index contributed by atoms with van der Waals surface area (Å²) in [6, 6.07) is 9.65. The van der Waals surface area contributed by atoms with E-state index in [4.69, 9.17) is 6.42 Å². The molecule has 0 unspecified atom stereocenters. The lowest BCUT2D eigenvalue weighted by Gasteiger charge is -2.04. The predicted octanol–water partition coefficient (Wildman–Crippen LogP) is 2.50. The first-order valence-corrected chi connectivity index (χ1v) is 7.55. The molecule has 0 aliphatic heterocycles. The molecular weight excluding hydrogens is 315 g/mol. The van der Waals surface area contributed by atoms with Crippen molar-refractivity contribution in [2.24, 2.45) is 0 Å². The minimum absolute atomic E-state index is 0.0205. The van der Waals surface area contributed by atoms with E-state index in [9.17, 15) is 9.18 Å². The molecule has 0 aliphatic carbocycles. The number of aromatic nitrogens is 3. The van der Waals surface area contributed by atoms with E-state index < -0.39 is 11.7 Å². The molecular formula is C16H11FN4OS. The summed E-state index contributed by atoms with van der Waals surface area (Å²) in [7, 11) is 0. The number of thiophene rings is 1. The molecule has 0 atom stereocenters. The Labute approximate surface area is 135 Å². The average molecular weight is 326 g/mol. The molecule has 7 heteroatoms. The molecule has 0 spiro atoms. The molecule has 114 valence electrons. The van der Waals surface area contributed by atoms with Crippen molar-refractivity contribution >= 4 is 17.2 Å². The molecule has 23 heavy (non-hydrogen) atoms. The van der Waals surface area contributed by atoms with Gasteiger partial charge in [0.2, 0.25) is 5.82 Å². The number of nitrogens with one attached hydrogen (secondary N) is 1. The number of hydrogen-bond acceptors (Lipinski definition) is 4. The fourth-order valence-corrected chi connectivity index (χ4v) is 2.67. The lowest BCUT2D eigenvalue weighted by atomic mass is 10.3. The lowest BCUT2D eigenvalue weighted by Crippen LogP contribution is -2.24. The number of carbonyl (C=O) groups excluding carboxylic acids is 1. The summed E-state index contributed by atoms with van der Waals surface area (Å²) >= 11 is 1.45.